The van der Waals surface area contributed by atoms with Crippen molar-refractivity contribution >= 4 is 21.8 Å². The highest BCUT2D eigenvalue weighted by atomic mass is 79.9. The van der Waals surface area contributed by atoms with Crippen LogP contribution in [0.5, 0.6) is 11.6 Å². The van der Waals surface area contributed by atoms with E-state index in [4.69, 9.17) is 4.74 Å². The molecule has 24 heavy (non-hydrogen) atoms. The molecule has 126 valence electrons. The van der Waals surface area contributed by atoms with Crippen molar-refractivity contribution in [3.05, 3.63) is 52.6 Å². The molecule has 5 nitrogen and oxygen atoms in total. The average Bonchev–Trinajstić information content (AvgIpc) is 2.62. The van der Waals surface area contributed by atoms with Crippen molar-refractivity contribution < 1.29 is 9.53 Å². The second-order valence-corrected chi connectivity index (χ2v) is 6.71. The second kappa shape index (κ2) is 7.77. The molecule has 1 amide bonds. The fourth-order valence-corrected chi connectivity index (χ4v) is 3.22. The first kappa shape index (κ1) is 16.9. The number of piperidine rings is 1. The fraction of sp³-hybridized carbons (Fsp3) is 0.333. The van der Waals surface area contributed by atoms with Crippen LogP contribution in [0.1, 0.15) is 23.2 Å². The number of ether oxygens (including phenoxy) is 1. The molecule has 1 fully saturated rings. The van der Waals surface area contributed by atoms with Crippen molar-refractivity contribution in [3.8, 4) is 11.6 Å². The van der Waals surface area contributed by atoms with Gasteiger partial charge in [-0.15, -0.1) is 0 Å². The number of benzene rings is 1. The van der Waals surface area contributed by atoms with Crippen molar-refractivity contribution in [3.63, 3.8) is 0 Å². The summed E-state index contributed by atoms with van der Waals surface area (Å²) in [7, 11) is 1.94. The van der Waals surface area contributed by atoms with Crippen LogP contribution >= 0.6 is 15.9 Å². The highest BCUT2D eigenvalue weighted by Crippen LogP contribution is 2.27. The molecule has 1 aromatic carbocycles. The molecular weight excluding hydrogens is 370 g/mol. The van der Waals surface area contributed by atoms with Crippen LogP contribution in [-0.4, -0.2) is 42.0 Å². The van der Waals surface area contributed by atoms with Gasteiger partial charge in [-0.3, -0.25) is 4.79 Å². The number of pyridine rings is 1. The lowest BCUT2D eigenvalue weighted by molar-refractivity contribution is 0.0695. The minimum absolute atomic E-state index is 0.0342. The summed E-state index contributed by atoms with van der Waals surface area (Å²) in [5.41, 5.74) is 0.495. The molecule has 3 rings (SSSR count). The molecule has 0 bridgehead atoms. The number of amides is 1. The number of hydrogen-bond donors (Lipinski definition) is 1. The highest BCUT2D eigenvalue weighted by molar-refractivity contribution is 9.10. The summed E-state index contributed by atoms with van der Waals surface area (Å²) in [5.74, 6) is 0.948. The zero-order valence-corrected chi connectivity index (χ0v) is 15.1. The van der Waals surface area contributed by atoms with Gasteiger partial charge in [0.25, 0.3) is 5.91 Å². The first-order valence-electron chi connectivity index (χ1n) is 8.02. The lowest BCUT2D eigenvalue weighted by atomic mass is 10.0. The Morgan fingerprint density at radius 2 is 2.25 bits per heavy atom. The predicted molar refractivity (Wildman–Crippen MR) is 96.4 cm³/mol. The minimum atomic E-state index is -0.0342. The maximum Gasteiger partial charge on any atom is 0.259 e. The third-order valence-electron chi connectivity index (χ3n) is 4.13. The SMILES string of the molecule is CNC1CCCN(C(=O)c2cccnc2Oc2cccc(Br)c2)C1. The lowest BCUT2D eigenvalue weighted by Gasteiger charge is -2.32. The number of likely N-dealkylation sites (N-methyl/N-ethyl adjacent to an activating group) is 1. The number of hydrogen-bond acceptors (Lipinski definition) is 4. The van der Waals surface area contributed by atoms with E-state index in [9.17, 15) is 4.79 Å². The average molecular weight is 390 g/mol. The third kappa shape index (κ3) is 3.94. The van der Waals surface area contributed by atoms with Crippen LogP contribution in [0.3, 0.4) is 0 Å². The van der Waals surface area contributed by atoms with Crippen LogP contribution in [-0.2, 0) is 0 Å². The number of halogens is 1. The molecule has 2 heterocycles. The lowest BCUT2D eigenvalue weighted by Crippen LogP contribution is -2.47. The van der Waals surface area contributed by atoms with E-state index in [2.05, 4.69) is 26.2 Å². The van der Waals surface area contributed by atoms with E-state index in [0.717, 1.165) is 23.9 Å². The Kier molecular flexibility index (Phi) is 5.48. The molecule has 1 atom stereocenters. The van der Waals surface area contributed by atoms with E-state index in [1.807, 2.05) is 36.2 Å². The van der Waals surface area contributed by atoms with Crippen LogP contribution in [0.15, 0.2) is 47.1 Å². The molecule has 1 aromatic heterocycles. The van der Waals surface area contributed by atoms with Crippen LogP contribution in [0, 0.1) is 0 Å². The number of aromatic nitrogens is 1. The van der Waals surface area contributed by atoms with Gasteiger partial charge < -0.3 is 15.0 Å². The first-order chi connectivity index (χ1) is 11.7. The normalized spacial score (nSPS) is 17.6. The molecule has 0 saturated carbocycles. The molecule has 0 spiro atoms. The standard InChI is InChI=1S/C18H20BrN3O2/c1-20-14-6-4-10-22(12-14)18(23)16-8-3-9-21-17(16)24-15-7-2-5-13(19)11-15/h2-3,5,7-9,11,14,20H,4,6,10,12H2,1H3. The molecular formula is C18H20BrN3O2. The van der Waals surface area contributed by atoms with Gasteiger partial charge in [-0.1, -0.05) is 22.0 Å². The summed E-state index contributed by atoms with van der Waals surface area (Å²) in [4.78, 5) is 19.0. The third-order valence-corrected chi connectivity index (χ3v) is 4.62. The van der Waals surface area contributed by atoms with Crippen molar-refractivity contribution in [2.24, 2.45) is 0 Å². The first-order valence-corrected chi connectivity index (χ1v) is 8.81. The van der Waals surface area contributed by atoms with Gasteiger partial charge >= 0.3 is 0 Å². The second-order valence-electron chi connectivity index (χ2n) is 5.79. The van der Waals surface area contributed by atoms with E-state index in [-0.39, 0.29) is 5.91 Å². The van der Waals surface area contributed by atoms with Crippen molar-refractivity contribution in [1.82, 2.24) is 15.2 Å². The number of nitrogens with zero attached hydrogens (tertiary/aromatic N) is 2. The van der Waals surface area contributed by atoms with Crippen LogP contribution in [0.4, 0.5) is 0 Å². The Bertz CT molecular complexity index is 723. The van der Waals surface area contributed by atoms with Gasteiger partial charge in [0.15, 0.2) is 0 Å². The molecule has 1 aliphatic rings. The highest BCUT2D eigenvalue weighted by Gasteiger charge is 2.26. The van der Waals surface area contributed by atoms with Gasteiger partial charge in [-0.25, -0.2) is 4.98 Å². The predicted octanol–water partition coefficient (Wildman–Crippen LogP) is 3.46. The summed E-state index contributed by atoms with van der Waals surface area (Å²) in [5, 5.41) is 3.25. The van der Waals surface area contributed by atoms with Gasteiger partial charge in [0.1, 0.15) is 11.3 Å². The maximum absolute atomic E-state index is 12.9. The Morgan fingerprint density at radius 3 is 3.04 bits per heavy atom. The van der Waals surface area contributed by atoms with Gasteiger partial charge in [0, 0.05) is 29.8 Å². The van der Waals surface area contributed by atoms with Gasteiger partial charge in [0.05, 0.1) is 0 Å². The largest absolute Gasteiger partial charge is 0.438 e. The smallest absolute Gasteiger partial charge is 0.259 e. The number of carbonyl (C=O) groups is 1. The Balaban J connectivity index is 1.82. The summed E-state index contributed by atoms with van der Waals surface area (Å²) >= 11 is 3.42. The molecule has 1 saturated heterocycles. The van der Waals surface area contributed by atoms with Gasteiger partial charge in [0.2, 0.25) is 5.88 Å². The molecule has 6 heteroatoms. The molecule has 1 aliphatic heterocycles. The zero-order valence-electron chi connectivity index (χ0n) is 13.5. The van der Waals surface area contributed by atoms with E-state index in [0.29, 0.717) is 29.8 Å². The topological polar surface area (TPSA) is 54.5 Å². The van der Waals surface area contributed by atoms with E-state index in [1.54, 1.807) is 18.3 Å². The number of likely N-dealkylation sites (tertiary alicyclic amines) is 1. The minimum Gasteiger partial charge on any atom is -0.438 e. The Hall–Kier alpha value is -1.92. The monoisotopic (exact) mass is 389 g/mol. The zero-order chi connectivity index (χ0) is 16.9. The number of rotatable bonds is 4. The van der Waals surface area contributed by atoms with Crippen LogP contribution in [0.25, 0.3) is 0 Å². The van der Waals surface area contributed by atoms with E-state index >= 15 is 0 Å². The van der Waals surface area contributed by atoms with Crippen molar-refractivity contribution in [2.75, 3.05) is 20.1 Å². The van der Waals surface area contributed by atoms with Crippen LogP contribution in [0.2, 0.25) is 0 Å². The van der Waals surface area contributed by atoms with Crippen molar-refractivity contribution in [2.45, 2.75) is 18.9 Å². The number of carbonyl (C=O) groups excluding carboxylic acids is 1. The Labute approximate surface area is 150 Å². The quantitative estimate of drug-likeness (QED) is 0.869. The molecule has 1 N–H and O–H groups in total. The summed E-state index contributed by atoms with van der Waals surface area (Å²) < 4.78 is 6.76. The van der Waals surface area contributed by atoms with Crippen LogP contribution < -0.4 is 10.1 Å². The maximum atomic E-state index is 12.9. The Morgan fingerprint density at radius 1 is 1.38 bits per heavy atom. The van der Waals surface area contributed by atoms with E-state index < -0.39 is 0 Å². The van der Waals surface area contributed by atoms with Crippen molar-refractivity contribution in [1.29, 1.82) is 0 Å². The molecule has 2 aromatic rings. The molecule has 0 radical (unpaired) electrons. The molecule has 1 unspecified atom stereocenters. The van der Waals surface area contributed by atoms with Gasteiger partial charge in [-0.2, -0.15) is 0 Å². The summed E-state index contributed by atoms with van der Waals surface area (Å²) in [6.07, 6.45) is 3.73. The summed E-state index contributed by atoms with van der Waals surface area (Å²) in [6, 6.07) is 11.4. The fourth-order valence-electron chi connectivity index (χ4n) is 2.84. The number of nitrogens with one attached hydrogen (secondary N) is 1. The molecule has 0 aliphatic carbocycles. The van der Waals surface area contributed by atoms with E-state index in [1.165, 1.54) is 0 Å². The van der Waals surface area contributed by atoms with Gasteiger partial charge in [-0.05, 0) is 50.2 Å². The summed E-state index contributed by atoms with van der Waals surface area (Å²) in [6.45, 7) is 1.47.